The Labute approximate surface area is 165 Å². The molecular weight excluding hydrogens is 359 g/mol. The van der Waals surface area contributed by atoms with Crippen LogP contribution in [0.4, 0.5) is 0 Å². The molecule has 3 N–H and O–H groups in total. The number of hydrogen-bond donors (Lipinski definition) is 2. The van der Waals surface area contributed by atoms with Gasteiger partial charge in [0, 0.05) is 51.2 Å². The van der Waals surface area contributed by atoms with Gasteiger partial charge in [-0.2, -0.15) is 0 Å². The Hall–Kier alpha value is -0.0700. The normalized spacial score (nSPS) is 33.0. The van der Waals surface area contributed by atoms with Crippen molar-refractivity contribution < 1.29 is 4.79 Å². The Kier molecular flexibility index (Phi) is 10.0. The highest BCUT2D eigenvalue weighted by Crippen LogP contribution is 2.39. The molecule has 0 aromatic rings. The van der Waals surface area contributed by atoms with Gasteiger partial charge in [-0.15, -0.1) is 24.8 Å². The number of likely N-dealkylation sites (N-methyl/N-ethyl adjacent to an activating group) is 1. The first kappa shape index (κ1) is 23.0. The topological polar surface area (TPSA) is 61.6 Å². The van der Waals surface area contributed by atoms with Crippen molar-refractivity contribution in [2.75, 3.05) is 39.3 Å². The van der Waals surface area contributed by atoms with Crippen molar-refractivity contribution >= 4 is 30.7 Å². The monoisotopic (exact) mass is 394 g/mol. The fourth-order valence-corrected chi connectivity index (χ4v) is 4.87. The number of halogens is 2. The van der Waals surface area contributed by atoms with Crippen molar-refractivity contribution in [1.82, 2.24) is 15.1 Å². The molecule has 3 aliphatic rings. The van der Waals surface area contributed by atoms with Crippen LogP contribution in [-0.2, 0) is 4.79 Å². The van der Waals surface area contributed by atoms with Crippen LogP contribution in [0.5, 0.6) is 0 Å². The number of nitrogens with zero attached hydrogens (tertiary/aromatic N) is 2. The van der Waals surface area contributed by atoms with Gasteiger partial charge in [-0.05, 0) is 44.1 Å². The third-order valence-corrected chi connectivity index (χ3v) is 6.27. The van der Waals surface area contributed by atoms with E-state index in [4.69, 9.17) is 5.73 Å². The van der Waals surface area contributed by atoms with E-state index >= 15 is 0 Å². The number of nitrogens with one attached hydrogen (secondary N) is 1. The first-order valence-corrected chi connectivity index (χ1v) is 9.65. The molecule has 3 fully saturated rings. The molecule has 148 valence electrons. The molecule has 2 saturated carbocycles. The standard InChI is InChI=1S/C18H34N4O.2ClH/c1-2-21-8-10-22(11-9-21)7-6-17(23)20-18-14-4-3-5-15(18)13-16(19)12-14;;/h14-16,18H,2-13,19H2,1H3,(H,20,23);2*1H. The van der Waals surface area contributed by atoms with Crippen molar-refractivity contribution in [2.24, 2.45) is 17.6 Å². The van der Waals surface area contributed by atoms with Crippen LogP contribution in [0.25, 0.3) is 0 Å². The van der Waals surface area contributed by atoms with Gasteiger partial charge in [0.15, 0.2) is 0 Å². The highest BCUT2D eigenvalue weighted by atomic mass is 35.5. The summed E-state index contributed by atoms with van der Waals surface area (Å²) in [6.45, 7) is 8.75. The van der Waals surface area contributed by atoms with E-state index in [1.807, 2.05) is 0 Å². The van der Waals surface area contributed by atoms with Crippen LogP contribution in [0.2, 0.25) is 0 Å². The third-order valence-electron chi connectivity index (χ3n) is 6.27. The Morgan fingerprint density at radius 1 is 1.04 bits per heavy atom. The molecule has 1 saturated heterocycles. The van der Waals surface area contributed by atoms with Crippen LogP contribution in [0.15, 0.2) is 0 Å². The second kappa shape index (κ2) is 10.9. The van der Waals surface area contributed by atoms with Crippen LogP contribution >= 0.6 is 24.8 Å². The lowest BCUT2D eigenvalue weighted by molar-refractivity contribution is -0.123. The maximum atomic E-state index is 12.4. The highest BCUT2D eigenvalue weighted by Gasteiger charge is 2.39. The fraction of sp³-hybridized carbons (Fsp3) is 0.944. The largest absolute Gasteiger partial charge is 0.353 e. The first-order valence-electron chi connectivity index (χ1n) is 9.65. The predicted molar refractivity (Wildman–Crippen MR) is 108 cm³/mol. The van der Waals surface area contributed by atoms with Gasteiger partial charge >= 0.3 is 0 Å². The number of hydrogen-bond acceptors (Lipinski definition) is 4. The van der Waals surface area contributed by atoms with Crippen LogP contribution in [-0.4, -0.2) is 67.1 Å². The third kappa shape index (κ3) is 6.24. The molecule has 5 nitrogen and oxygen atoms in total. The summed E-state index contributed by atoms with van der Waals surface area (Å²) in [5.41, 5.74) is 6.17. The predicted octanol–water partition coefficient (Wildman–Crippen LogP) is 1.88. The van der Waals surface area contributed by atoms with Crippen molar-refractivity contribution in [3.8, 4) is 0 Å². The molecule has 2 bridgehead atoms. The van der Waals surface area contributed by atoms with Crippen LogP contribution < -0.4 is 11.1 Å². The molecule has 25 heavy (non-hydrogen) atoms. The molecule has 0 radical (unpaired) electrons. The van der Waals surface area contributed by atoms with E-state index in [2.05, 4.69) is 22.0 Å². The average Bonchev–Trinajstić information content (AvgIpc) is 2.54. The van der Waals surface area contributed by atoms with E-state index in [9.17, 15) is 4.79 Å². The van der Waals surface area contributed by atoms with Crippen molar-refractivity contribution in [3.05, 3.63) is 0 Å². The number of carbonyl (C=O) groups excluding carboxylic acids is 1. The van der Waals surface area contributed by atoms with E-state index in [-0.39, 0.29) is 30.7 Å². The Morgan fingerprint density at radius 2 is 1.60 bits per heavy atom. The minimum absolute atomic E-state index is 0. The van der Waals surface area contributed by atoms with Gasteiger partial charge in [-0.25, -0.2) is 0 Å². The number of amides is 1. The van der Waals surface area contributed by atoms with E-state index < -0.39 is 0 Å². The summed E-state index contributed by atoms with van der Waals surface area (Å²) >= 11 is 0. The Bertz CT molecular complexity index is 391. The Balaban J connectivity index is 0.00000156. The van der Waals surface area contributed by atoms with E-state index in [1.165, 1.54) is 19.3 Å². The smallest absolute Gasteiger partial charge is 0.221 e. The van der Waals surface area contributed by atoms with Gasteiger partial charge in [0.05, 0.1) is 0 Å². The van der Waals surface area contributed by atoms with Crippen molar-refractivity contribution in [3.63, 3.8) is 0 Å². The summed E-state index contributed by atoms with van der Waals surface area (Å²) in [5.74, 6) is 1.49. The summed E-state index contributed by atoms with van der Waals surface area (Å²) in [5, 5.41) is 3.37. The molecular formula is C18H36Cl2N4O. The van der Waals surface area contributed by atoms with Crippen LogP contribution in [0.1, 0.15) is 45.4 Å². The van der Waals surface area contributed by atoms with Gasteiger partial charge in [-0.1, -0.05) is 13.3 Å². The molecule has 2 unspecified atom stereocenters. The van der Waals surface area contributed by atoms with Crippen molar-refractivity contribution in [2.45, 2.75) is 57.5 Å². The molecule has 1 heterocycles. The van der Waals surface area contributed by atoms with Gasteiger partial charge in [0.2, 0.25) is 5.91 Å². The molecule has 0 spiro atoms. The zero-order chi connectivity index (χ0) is 16.2. The molecule has 1 amide bonds. The lowest BCUT2D eigenvalue weighted by Gasteiger charge is -2.45. The molecule has 0 aromatic heterocycles. The highest BCUT2D eigenvalue weighted by molar-refractivity contribution is 5.85. The summed E-state index contributed by atoms with van der Waals surface area (Å²) in [6.07, 6.45) is 6.65. The molecule has 1 aliphatic heterocycles. The Morgan fingerprint density at radius 3 is 2.16 bits per heavy atom. The number of nitrogens with two attached hydrogens (primary N) is 1. The first-order chi connectivity index (χ1) is 11.2. The van der Waals surface area contributed by atoms with Crippen LogP contribution in [0, 0.1) is 11.8 Å². The second-order valence-corrected chi connectivity index (χ2v) is 7.80. The minimum Gasteiger partial charge on any atom is -0.353 e. The SMILES string of the molecule is CCN1CCN(CCC(=O)NC2C3CCCC2CC(N)C3)CC1.Cl.Cl. The minimum atomic E-state index is 0. The van der Waals surface area contributed by atoms with Crippen molar-refractivity contribution in [1.29, 1.82) is 0 Å². The summed E-state index contributed by atoms with van der Waals surface area (Å²) in [6, 6.07) is 0.751. The quantitative estimate of drug-likeness (QED) is 0.746. The number of piperazine rings is 1. The lowest BCUT2D eigenvalue weighted by atomic mass is 9.67. The molecule has 0 aromatic carbocycles. The maximum Gasteiger partial charge on any atom is 0.221 e. The number of carbonyl (C=O) groups is 1. The maximum absolute atomic E-state index is 12.4. The molecule has 3 rings (SSSR count). The lowest BCUT2D eigenvalue weighted by Crippen LogP contribution is -2.54. The molecule has 2 atom stereocenters. The number of rotatable bonds is 5. The zero-order valence-corrected chi connectivity index (χ0v) is 17.1. The summed E-state index contributed by atoms with van der Waals surface area (Å²) < 4.78 is 0. The molecule has 7 heteroatoms. The van der Waals surface area contributed by atoms with Gasteiger partial charge in [0.1, 0.15) is 0 Å². The van der Waals surface area contributed by atoms with E-state index in [0.717, 1.165) is 52.1 Å². The van der Waals surface area contributed by atoms with E-state index in [0.29, 0.717) is 30.3 Å². The molecule has 2 aliphatic carbocycles. The van der Waals surface area contributed by atoms with E-state index in [1.54, 1.807) is 0 Å². The van der Waals surface area contributed by atoms with Gasteiger partial charge < -0.3 is 20.9 Å². The van der Waals surface area contributed by atoms with Gasteiger partial charge in [0.25, 0.3) is 0 Å². The zero-order valence-electron chi connectivity index (χ0n) is 15.5. The fourth-order valence-electron chi connectivity index (χ4n) is 4.87. The van der Waals surface area contributed by atoms with Gasteiger partial charge in [-0.3, -0.25) is 4.79 Å². The summed E-state index contributed by atoms with van der Waals surface area (Å²) in [7, 11) is 0. The summed E-state index contributed by atoms with van der Waals surface area (Å²) in [4.78, 5) is 17.3. The van der Waals surface area contributed by atoms with Crippen LogP contribution in [0.3, 0.4) is 0 Å². The second-order valence-electron chi connectivity index (χ2n) is 7.80. The number of fused-ring (bicyclic) bond motifs is 2. The average molecular weight is 395 g/mol.